The van der Waals surface area contributed by atoms with E-state index in [0.717, 1.165) is 12.1 Å². The Labute approximate surface area is 132 Å². The summed E-state index contributed by atoms with van der Waals surface area (Å²) in [5.74, 6) is 0.314. The van der Waals surface area contributed by atoms with Gasteiger partial charge >= 0.3 is 6.18 Å². The Bertz CT molecular complexity index is 486. The van der Waals surface area contributed by atoms with E-state index in [4.69, 9.17) is 10.5 Å². The summed E-state index contributed by atoms with van der Waals surface area (Å²) in [5.41, 5.74) is 4.60. The second-order valence-electron chi connectivity index (χ2n) is 4.92. The molecule has 1 aromatic carbocycles. The lowest BCUT2D eigenvalue weighted by molar-refractivity contribution is -0.137. The van der Waals surface area contributed by atoms with Crippen molar-refractivity contribution in [3.63, 3.8) is 0 Å². The van der Waals surface area contributed by atoms with Crippen LogP contribution < -0.4 is 10.5 Å². The molecule has 8 heteroatoms. The van der Waals surface area contributed by atoms with E-state index >= 15 is 0 Å². The molecule has 22 heavy (non-hydrogen) atoms. The molecule has 1 fully saturated rings. The van der Waals surface area contributed by atoms with Gasteiger partial charge in [-0.3, -0.25) is 4.79 Å². The molecular weight excluding hydrogens is 321 g/mol. The van der Waals surface area contributed by atoms with Crippen LogP contribution >= 0.6 is 12.4 Å². The molecule has 2 rings (SSSR count). The van der Waals surface area contributed by atoms with E-state index in [2.05, 4.69) is 0 Å². The van der Waals surface area contributed by atoms with Gasteiger partial charge in [0.2, 0.25) is 5.91 Å². The molecule has 1 aromatic rings. The second kappa shape index (κ2) is 7.69. The fourth-order valence-corrected chi connectivity index (χ4v) is 2.27. The highest BCUT2D eigenvalue weighted by atomic mass is 35.5. The highest BCUT2D eigenvalue weighted by Gasteiger charge is 2.30. The molecule has 0 bridgehead atoms. The van der Waals surface area contributed by atoms with E-state index in [1.165, 1.54) is 12.1 Å². The molecular formula is C14H18ClF3N2O2. The number of nitrogens with zero attached hydrogens (tertiary/aromatic N) is 1. The Kier molecular flexibility index (Phi) is 6.49. The van der Waals surface area contributed by atoms with Crippen LogP contribution in [0.4, 0.5) is 13.2 Å². The molecule has 1 aliphatic rings. The molecule has 1 heterocycles. The molecule has 1 aliphatic heterocycles. The van der Waals surface area contributed by atoms with Crippen molar-refractivity contribution in [1.82, 2.24) is 4.90 Å². The largest absolute Gasteiger partial charge is 0.490 e. The number of benzene rings is 1. The number of amides is 1. The zero-order valence-electron chi connectivity index (χ0n) is 11.8. The van der Waals surface area contributed by atoms with Crippen molar-refractivity contribution >= 4 is 18.3 Å². The van der Waals surface area contributed by atoms with Crippen LogP contribution in [0.5, 0.6) is 5.75 Å². The standard InChI is InChI=1S/C14H17F3N2O2.ClH/c15-14(16,17)10-1-3-11(4-2-10)21-12-5-7-19(8-6-12)13(20)9-18;/h1-4,12H,5-9,18H2;1H. The van der Waals surface area contributed by atoms with Crippen LogP contribution in [0.1, 0.15) is 18.4 Å². The molecule has 0 spiro atoms. The summed E-state index contributed by atoms with van der Waals surface area (Å²) < 4.78 is 43.0. The number of halogens is 4. The molecule has 0 atom stereocenters. The van der Waals surface area contributed by atoms with Crippen molar-refractivity contribution in [1.29, 1.82) is 0 Å². The third-order valence-electron chi connectivity index (χ3n) is 3.45. The molecule has 0 aromatic heterocycles. The molecule has 0 radical (unpaired) electrons. The van der Waals surface area contributed by atoms with Crippen LogP contribution in [0.25, 0.3) is 0 Å². The topological polar surface area (TPSA) is 55.6 Å². The number of rotatable bonds is 3. The number of likely N-dealkylation sites (tertiary alicyclic amines) is 1. The zero-order chi connectivity index (χ0) is 15.5. The van der Waals surface area contributed by atoms with Crippen molar-refractivity contribution in [2.45, 2.75) is 25.1 Å². The van der Waals surface area contributed by atoms with E-state index < -0.39 is 11.7 Å². The maximum atomic E-state index is 12.4. The number of piperidine rings is 1. The summed E-state index contributed by atoms with van der Waals surface area (Å²) in [4.78, 5) is 13.1. The second-order valence-corrected chi connectivity index (χ2v) is 4.92. The minimum absolute atomic E-state index is 0. The number of ether oxygens (including phenoxy) is 1. The Morgan fingerprint density at radius 2 is 1.77 bits per heavy atom. The van der Waals surface area contributed by atoms with Crippen LogP contribution in [0, 0.1) is 0 Å². The van der Waals surface area contributed by atoms with Crippen LogP contribution in [0.3, 0.4) is 0 Å². The Balaban J connectivity index is 0.00000242. The summed E-state index contributed by atoms with van der Waals surface area (Å²) in [5, 5.41) is 0. The lowest BCUT2D eigenvalue weighted by Crippen LogP contribution is -2.44. The van der Waals surface area contributed by atoms with Gasteiger partial charge in [0.25, 0.3) is 0 Å². The molecule has 0 aliphatic carbocycles. The molecule has 0 unspecified atom stereocenters. The predicted molar refractivity (Wildman–Crippen MR) is 78.0 cm³/mol. The lowest BCUT2D eigenvalue weighted by Gasteiger charge is -2.32. The first-order valence-corrected chi connectivity index (χ1v) is 6.72. The maximum Gasteiger partial charge on any atom is 0.416 e. The molecule has 2 N–H and O–H groups in total. The van der Waals surface area contributed by atoms with Gasteiger partial charge in [0.05, 0.1) is 12.1 Å². The Morgan fingerprint density at radius 3 is 2.23 bits per heavy atom. The summed E-state index contributed by atoms with van der Waals surface area (Å²) in [6.07, 6.45) is -3.14. The lowest BCUT2D eigenvalue weighted by atomic mass is 10.1. The number of nitrogens with two attached hydrogens (primary N) is 1. The highest BCUT2D eigenvalue weighted by molar-refractivity contribution is 5.85. The van der Waals surface area contributed by atoms with Crippen LogP contribution in [0.2, 0.25) is 0 Å². The minimum Gasteiger partial charge on any atom is -0.490 e. The smallest absolute Gasteiger partial charge is 0.416 e. The fourth-order valence-electron chi connectivity index (χ4n) is 2.27. The Hall–Kier alpha value is -1.47. The average molecular weight is 339 g/mol. The number of alkyl halides is 3. The van der Waals surface area contributed by atoms with Gasteiger partial charge in [-0.25, -0.2) is 0 Å². The van der Waals surface area contributed by atoms with E-state index in [1.807, 2.05) is 0 Å². The van der Waals surface area contributed by atoms with Crippen molar-refractivity contribution < 1.29 is 22.7 Å². The number of carbonyl (C=O) groups is 1. The van der Waals surface area contributed by atoms with Gasteiger partial charge in [0.15, 0.2) is 0 Å². The first-order chi connectivity index (χ1) is 9.90. The molecule has 1 amide bonds. The first kappa shape index (κ1) is 18.6. The summed E-state index contributed by atoms with van der Waals surface area (Å²) in [6.45, 7) is 1.10. The third kappa shape index (κ3) is 4.78. The molecule has 124 valence electrons. The van der Waals surface area contributed by atoms with Crippen molar-refractivity contribution in [3.05, 3.63) is 29.8 Å². The van der Waals surface area contributed by atoms with E-state index in [1.54, 1.807) is 4.90 Å². The van der Waals surface area contributed by atoms with Crippen LogP contribution in [-0.2, 0) is 11.0 Å². The van der Waals surface area contributed by atoms with Gasteiger partial charge in [0, 0.05) is 25.9 Å². The first-order valence-electron chi connectivity index (χ1n) is 6.72. The van der Waals surface area contributed by atoms with Crippen LogP contribution in [0.15, 0.2) is 24.3 Å². The monoisotopic (exact) mass is 338 g/mol. The summed E-state index contributed by atoms with van der Waals surface area (Å²) >= 11 is 0. The van der Waals surface area contributed by atoms with E-state index in [9.17, 15) is 18.0 Å². The van der Waals surface area contributed by atoms with Gasteiger partial charge in [-0.15, -0.1) is 12.4 Å². The van der Waals surface area contributed by atoms with Crippen LogP contribution in [-0.4, -0.2) is 36.5 Å². The highest BCUT2D eigenvalue weighted by Crippen LogP contribution is 2.30. The minimum atomic E-state index is -4.34. The zero-order valence-corrected chi connectivity index (χ0v) is 12.6. The summed E-state index contributed by atoms with van der Waals surface area (Å²) in [6, 6.07) is 4.64. The van der Waals surface area contributed by atoms with E-state index in [0.29, 0.717) is 31.7 Å². The van der Waals surface area contributed by atoms with Gasteiger partial charge in [-0.2, -0.15) is 13.2 Å². The third-order valence-corrected chi connectivity index (χ3v) is 3.45. The molecule has 1 saturated heterocycles. The van der Waals surface area contributed by atoms with Crippen molar-refractivity contribution in [3.8, 4) is 5.75 Å². The van der Waals surface area contributed by atoms with Gasteiger partial charge in [0.1, 0.15) is 11.9 Å². The van der Waals surface area contributed by atoms with Crippen molar-refractivity contribution in [2.75, 3.05) is 19.6 Å². The van der Waals surface area contributed by atoms with Gasteiger partial charge in [-0.05, 0) is 24.3 Å². The van der Waals surface area contributed by atoms with Crippen molar-refractivity contribution in [2.24, 2.45) is 5.73 Å². The predicted octanol–water partition coefficient (Wildman–Crippen LogP) is 2.46. The van der Waals surface area contributed by atoms with E-state index in [-0.39, 0.29) is 31.0 Å². The molecule has 0 saturated carbocycles. The number of carbonyl (C=O) groups excluding carboxylic acids is 1. The Morgan fingerprint density at radius 1 is 1.23 bits per heavy atom. The fraction of sp³-hybridized carbons (Fsp3) is 0.500. The average Bonchev–Trinajstić information content (AvgIpc) is 2.47. The SMILES string of the molecule is Cl.NCC(=O)N1CCC(Oc2ccc(C(F)(F)F)cc2)CC1. The maximum absolute atomic E-state index is 12.4. The quantitative estimate of drug-likeness (QED) is 0.921. The van der Waals surface area contributed by atoms with Gasteiger partial charge < -0.3 is 15.4 Å². The van der Waals surface area contributed by atoms with Gasteiger partial charge in [-0.1, -0.05) is 0 Å². The number of hydrogen-bond donors (Lipinski definition) is 1. The number of hydrogen-bond acceptors (Lipinski definition) is 3. The molecule has 4 nitrogen and oxygen atoms in total. The normalized spacial score (nSPS) is 16.1. The summed E-state index contributed by atoms with van der Waals surface area (Å²) in [7, 11) is 0.